The number of hydrogen-bond acceptors (Lipinski definition) is 4. The van der Waals surface area contributed by atoms with Crippen LogP contribution in [0, 0.1) is 0 Å². The minimum absolute atomic E-state index is 0. The van der Waals surface area contributed by atoms with Gasteiger partial charge in [-0.1, -0.05) is 0 Å². The van der Waals surface area contributed by atoms with Gasteiger partial charge < -0.3 is 20.8 Å². The number of aryl methyl sites for hydroxylation is 2. The van der Waals surface area contributed by atoms with Gasteiger partial charge in [0.2, 0.25) is 0 Å². The number of anilines is 1. The number of rotatable bonds is 5. The van der Waals surface area contributed by atoms with Crippen molar-refractivity contribution in [2.45, 2.75) is 25.7 Å². The number of aromatic amines is 1. The standard InChI is InChI=1S/C18H21N3O3.ClH/c19-9-10-24-14-7-5-13(6-8-14)20-17(22)15-11-12-3-1-2-4-16(12)21-18(15)23;/h5-8,11H,1-4,9-10,19H2,(H,20,22)(H,21,23);1H. The van der Waals surface area contributed by atoms with Gasteiger partial charge in [0.05, 0.1) is 0 Å². The van der Waals surface area contributed by atoms with Crippen molar-refractivity contribution < 1.29 is 9.53 Å². The van der Waals surface area contributed by atoms with Crippen molar-refractivity contribution >= 4 is 24.0 Å². The van der Waals surface area contributed by atoms with E-state index in [4.69, 9.17) is 10.5 Å². The zero-order valence-electron chi connectivity index (χ0n) is 13.8. The highest BCUT2D eigenvalue weighted by Crippen LogP contribution is 2.20. The molecule has 1 aromatic heterocycles. The summed E-state index contributed by atoms with van der Waals surface area (Å²) in [6.07, 6.45) is 3.94. The molecule has 0 saturated heterocycles. The van der Waals surface area contributed by atoms with Gasteiger partial charge in [-0.2, -0.15) is 0 Å². The minimum Gasteiger partial charge on any atom is -0.492 e. The number of pyridine rings is 1. The van der Waals surface area contributed by atoms with Crippen molar-refractivity contribution in [2.24, 2.45) is 5.73 Å². The molecular formula is C18H22ClN3O3. The maximum absolute atomic E-state index is 12.4. The molecule has 0 aliphatic heterocycles. The fourth-order valence-electron chi connectivity index (χ4n) is 2.85. The van der Waals surface area contributed by atoms with E-state index < -0.39 is 5.91 Å². The van der Waals surface area contributed by atoms with E-state index in [9.17, 15) is 9.59 Å². The van der Waals surface area contributed by atoms with Crippen LogP contribution in [-0.4, -0.2) is 24.0 Å². The molecular weight excluding hydrogens is 342 g/mol. The van der Waals surface area contributed by atoms with E-state index in [-0.39, 0.29) is 23.5 Å². The Balaban J connectivity index is 0.00000225. The molecule has 7 heteroatoms. The summed E-state index contributed by atoms with van der Waals surface area (Å²) in [7, 11) is 0. The van der Waals surface area contributed by atoms with E-state index in [0.29, 0.717) is 24.6 Å². The molecule has 1 aliphatic carbocycles. The lowest BCUT2D eigenvalue weighted by molar-refractivity contribution is 0.102. The number of aromatic nitrogens is 1. The normalized spacial score (nSPS) is 12.7. The summed E-state index contributed by atoms with van der Waals surface area (Å²) in [5, 5.41) is 2.75. The molecule has 0 atom stereocenters. The zero-order valence-corrected chi connectivity index (χ0v) is 14.7. The number of benzene rings is 1. The Bertz CT molecular complexity index is 787. The molecule has 4 N–H and O–H groups in total. The van der Waals surface area contributed by atoms with Gasteiger partial charge in [-0.05, 0) is 61.6 Å². The van der Waals surface area contributed by atoms with E-state index in [0.717, 1.165) is 36.9 Å². The van der Waals surface area contributed by atoms with Gasteiger partial charge in [-0.3, -0.25) is 9.59 Å². The van der Waals surface area contributed by atoms with Crippen molar-refractivity contribution in [3.8, 4) is 5.75 Å². The van der Waals surface area contributed by atoms with Gasteiger partial charge in [-0.25, -0.2) is 0 Å². The van der Waals surface area contributed by atoms with Gasteiger partial charge in [0.25, 0.3) is 11.5 Å². The van der Waals surface area contributed by atoms with Crippen molar-refractivity contribution in [3.05, 3.63) is 57.5 Å². The second-order valence-electron chi connectivity index (χ2n) is 5.84. The third-order valence-corrected chi connectivity index (χ3v) is 4.08. The average Bonchev–Trinajstić information content (AvgIpc) is 2.60. The van der Waals surface area contributed by atoms with Gasteiger partial charge in [0, 0.05) is 17.9 Å². The Kier molecular flexibility index (Phi) is 6.61. The topological polar surface area (TPSA) is 97.2 Å². The van der Waals surface area contributed by atoms with Crippen molar-refractivity contribution in [1.29, 1.82) is 0 Å². The molecule has 134 valence electrons. The van der Waals surface area contributed by atoms with Crippen LogP contribution < -0.4 is 21.3 Å². The molecule has 2 aromatic rings. The van der Waals surface area contributed by atoms with E-state index in [1.54, 1.807) is 30.3 Å². The quantitative estimate of drug-likeness (QED) is 0.759. The van der Waals surface area contributed by atoms with Crippen LogP contribution in [0.3, 0.4) is 0 Å². The molecule has 0 unspecified atom stereocenters. The number of amides is 1. The lowest BCUT2D eigenvalue weighted by Crippen LogP contribution is -2.26. The highest BCUT2D eigenvalue weighted by molar-refractivity contribution is 6.04. The number of H-pyrrole nitrogens is 1. The Labute approximate surface area is 152 Å². The predicted octanol–water partition coefficient (Wildman–Crippen LogP) is 2.27. The number of hydrogen-bond donors (Lipinski definition) is 3. The Morgan fingerprint density at radius 2 is 1.92 bits per heavy atom. The fraction of sp³-hybridized carbons (Fsp3) is 0.333. The summed E-state index contributed by atoms with van der Waals surface area (Å²) in [5.74, 6) is 0.283. The van der Waals surface area contributed by atoms with E-state index in [2.05, 4.69) is 10.3 Å². The predicted molar refractivity (Wildman–Crippen MR) is 99.9 cm³/mol. The first-order valence-electron chi connectivity index (χ1n) is 8.17. The van der Waals surface area contributed by atoms with E-state index in [1.807, 2.05) is 0 Å². The van der Waals surface area contributed by atoms with Gasteiger partial charge in [-0.15, -0.1) is 12.4 Å². The lowest BCUT2D eigenvalue weighted by atomic mass is 9.95. The Morgan fingerprint density at radius 1 is 1.20 bits per heavy atom. The summed E-state index contributed by atoms with van der Waals surface area (Å²) >= 11 is 0. The maximum Gasteiger partial charge on any atom is 0.261 e. The van der Waals surface area contributed by atoms with Crippen LogP contribution in [0.5, 0.6) is 5.75 Å². The molecule has 6 nitrogen and oxygen atoms in total. The summed E-state index contributed by atoms with van der Waals surface area (Å²) in [6, 6.07) is 8.69. The van der Waals surface area contributed by atoms with Crippen molar-refractivity contribution in [2.75, 3.05) is 18.5 Å². The fourth-order valence-corrected chi connectivity index (χ4v) is 2.85. The van der Waals surface area contributed by atoms with Crippen LogP contribution in [0.4, 0.5) is 5.69 Å². The summed E-state index contributed by atoms with van der Waals surface area (Å²) in [5.41, 5.74) is 7.84. The molecule has 0 spiro atoms. The SMILES string of the molecule is Cl.NCCOc1ccc(NC(=O)c2cc3c([nH]c2=O)CCCC3)cc1. The summed E-state index contributed by atoms with van der Waals surface area (Å²) < 4.78 is 5.39. The molecule has 0 radical (unpaired) electrons. The van der Waals surface area contributed by atoms with Gasteiger partial charge in [0.1, 0.15) is 17.9 Å². The van der Waals surface area contributed by atoms with Crippen LogP contribution in [-0.2, 0) is 12.8 Å². The van der Waals surface area contributed by atoms with Crippen LogP contribution in [0.25, 0.3) is 0 Å². The van der Waals surface area contributed by atoms with Crippen LogP contribution in [0.1, 0.15) is 34.5 Å². The van der Waals surface area contributed by atoms with Crippen molar-refractivity contribution in [3.63, 3.8) is 0 Å². The van der Waals surface area contributed by atoms with Gasteiger partial charge >= 0.3 is 0 Å². The number of ether oxygens (including phenoxy) is 1. The molecule has 1 amide bonds. The third kappa shape index (κ3) is 4.61. The van der Waals surface area contributed by atoms with Crippen LogP contribution in [0.2, 0.25) is 0 Å². The third-order valence-electron chi connectivity index (χ3n) is 4.08. The highest BCUT2D eigenvalue weighted by atomic mass is 35.5. The number of carbonyl (C=O) groups is 1. The molecule has 1 aromatic carbocycles. The number of halogens is 1. The molecule has 25 heavy (non-hydrogen) atoms. The molecule has 0 fully saturated rings. The molecule has 0 bridgehead atoms. The minimum atomic E-state index is -0.403. The first-order valence-corrected chi connectivity index (χ1v) is 8.17. The second-order valence-corrected chi connectivity index (χ2v) is 5.84. The number of nitrogens with one attached hydrogen (secondary N) is 2. The number of nitrogens with two attached hydrogens (primary N) is 1. The number of carbonyl (C=O) groups excluding carboxylic acids is 1. The van der Waals surface area contributed by atoms with E-state index in [1.165, 1.54) is 0 Å². The summed E-state index contributed by atoms with van der Waals surface area (Å²) in [6.45, 7) is 0.885. The lowest BCUT2D eigenvalue weighted by Gasteiger charge is -2.16. The number of fused-ring (bicyclic) bond motifs is 1. The van der Waals surface area contributed by atoms with E-state index >= 15 is 0 Å². The zero-order chi connectivity index (χ0) is 16.9. The average molecular weight is 364 g/mol. The smallest absolute Gasteiger partial charge is 0.261 e. The second kappa shape index (κ2) is 8.69. The first kappa shape index (κ1) is 19.0. The molecule has 1 heterocycles. The molecule has 3 rings (SSSR count). The summed E-state index contributed by atoms with van der Waals surface area (Å²) in [4.78, 5) is 27.4. The van der Waals surface area contributed by atoms with Crippen molar-refractivity contribution in [1.82, 2.24) is 4.98 Å². The largest absolute Gasteiger partial charge is 0.492 e. The highest BCUT2D eigenvalue weighted by Gasteiger charge is 2.17. The maximum atomic E-state index is 12.4. The first-order chi connectivity index (χ1) is 11.7. The van der Waals surface area contributed by atoms with Crippen LogP contribution in [0.15, 0.2) is 35.1 Å². The van der Waals surface area contributed by atoms with Gasteiger partial charge in [0.15, 0.2) is 0 Å². The monoisotopic (exact) mass is 363 g/mol. The van der Waals surface area contributed by atoms with Crippen LogP contribution >= 0.6 is 12.4 Å². The Morgan fingerprint density at radius 3 is 2.64 bits per heavy atom. The molecule has 1 aliphatic rings. The molecule has 0 saturated carbocycles. The Hall–Kier alpha value is -2.31.